The Hall–Kier alpha value is -1.07. The fraction of sp³-hybridized carbons (Fsp3) is 0.444. The van der Waals surface area contributed by atoms with Crippen LogP contribution in [-0.4, -0.2) is 28.8 Å². The molecule has 0 atom stereocenters. The van der Waals surface area contributed by atoms with Gasteiger partial charge in [0.05, 0.1) is 6.61 Å². The van der Waals surface area contributed by atoms with Gasteiger partial charge < -0.3 is 14.8 Å². The molecule has 0 saturated heterocycles. The molecule has 1 aromatic rings. The van der Waals surface area contributed by atoms with E-state index in [9.17, 15) is 0 Å². The van der Waals surface area contributed by atoms with Crippen molar-refractivity contribution in [3.05, 3.63) is 18.3 Å². The first-order valence-electron chi connectivity index (χ1n) is 4.54. The summed E-state index contributed by atoms with van der Waals surface area (Å²) in [7, 11) is -1.47. The van der Waals surface area contributed by atoms with Crippen LogP contribution < -0.4 is 10.2 Å². The molecular formula is C9H14BNO3. The smallest absolute Gasteiger partial charge is 0.477 e. The van der Waals surface area contributed by atoms with Crippen molar-refractivity contribution in [2.75, 3.05) is 6.61 Å². The van der Waals surface area contributed by atoms with Crippen LogP contribution in [0.25, 0.3) is 0 Å². The summed E-state index contributed by atoms with van der Waals surface area (Å²) < 4.78 is 5.33. The summed E-state index contributed by atoms with van der Waals surface area (Å²) in [4.78, 5) is 3.93. The van der Waals surface area contributed by atoms with E-state index < -0.39 is 7.12 Å². The maximum absolute atomic E-state index is 8.81. The third-order valence-electron chi connectivity index (χ3n) is 1.62. The first-order chi connectivity index (χ1) is 6.59. The zero-order valence-corrected chi connectivity index (χ0v) is 8.34. The van der Waals surface area contributed by atoms with Crippen molar-refractivity contribution in [3.63, 3.8) is 0 Å². The van der Waals surface area contributed by atoms with Crippen molar-refractivity contribution in [1.82, 2.24) is 4.98 Å². The van der Waals surface area contributed by atoms with Gasteiger partial charge in [0, 0.05) is 11.7 Å². The maximum atomic E-state index is 8.81. The third-order valence-corrected chi connectivity index (χ3v) is 1.62. The lowest BCUT2D eigenvalue weighted by molar-refractivity contribution is 0.261. The van der Waals surface area contributed by atoms with Gasteiger partial charge in [0.1, 0.15) is 0 Å². The minimum absolute atomic E-state index is 0.363. The molecule has 76 valence electrons. The molecule has 0 aliphatic rings. The van der Waals surface area contributed by atoms with Crippen molar-refractivity contribution in [3.8, 4) is 5.88 Å². The summed E-state index contributed by atoms with van der Waals surface area (Å²) in [6, 6.07) is 3.20. The Morgan fingerprint density at radius 1 is 1.43 bits per heavy atom. The second-order valence-electron chi connectivity index (χ2n) is 3.51. The van der Waals surface area contributed by atoms with Crippen LogP contribution in [0.4, 0.5) is 0 Å². The van der Waals surface area contributed by atoms with Crippen molar-refractivity contribution in [2.24, 2.45) is 5.92 Å². The normalized spacial score (nSPS) is 10.4. The molecule has 0 bridgehead atoms. The van der Waals surface area contributed by atoms with E-state index >= 15 is 0 Å². The summed E-state index contributed by atoms with van der Waals surface area (Å²) in [5, 5.41) is 17.6. The Bertz CT molecular complexity index is 274. The van der Waals surface area contributed by atoms with Crippen LogP contribution in [0, 0.1) is 5.92 Å². The number of ether oxygens (including phenoxy) is 1. The van der Waals surface area contributed by atoms with E-state index in [-0.39, 0.29) is 0 Å². The molecule has 0 amide bonds. The molecule has 0 spiro atoms. The van der Waals surface area contributed by atoms with Crippen molar-refractivity contribution < 1.29 is 14.8 Å². The van der Waals surface area contributed by atoms with Gasteiger partial charge >= 0.3 is 7.12 Å². The molecule has 0 fully saturated rings. The highest BCUT2D eigenvalue weighted by molar-refractivity contribution is 6.58. The fourth-order valence-corrected chi connectivity index (χ4v) is 0.882. The van der Waals surface area contributed by atoms with Gasteiger partial charge in [-0.15, -0.1) is 0 Å². The van der Waals surface area contributed by atoms with Gasteiger partial charge in [-0.1, -0.05) is 19.9 Å². The van der Waals surface area contributed by atoms with Crippen LogP contribution in [0.2, 0.25) is 0 Å². The SMILES string of the molecule is CC(C)COc1ccc(B(O)O)cn1. The Balaban J connectivity index is 2.55. The van der Waals surface area contributed by atoms with E-state index in [0.717, 1.165) is 0 Å². The van der Waals surface area contributed by atoms with E-state index in [4.69, 9.17) is 14.8 Å². The van der Waals surface area contributed by atoms with Gasteiger partial charge in [-0.3, -0.25) is 0 Å². The van der Waals surface area contributed by atoms with Crippen molar-refractivity contribution in [2.45, 2.75) is 13.8 Å². The van der Waals surface area contributed by atoms with Gasteiger partial charge in [0.25, 0.3) is 0 Å². The van der Waals surface area contributed by atoms with Gasteiger partial charge in [-0.25, -0.2) is 4.98 Å². The van der Waals surface area contributed by atoms with Crippen LogP contribution in [0.3, 0.4) is 0 Å². The summed E-state index contributed by atoms with van der Waals surface area (Å²) in [6.07, 6.45) is 1.39. The van der Waals surface area contributed by atoms with Gasteiger partial charge in [-0.05, 0) is 12.0 Å². The molecule has 0 aliphatic carbocycles. The number of nitrogens with zero attached hydrogens (tertiary/aromatic N) is 1. The Kier molecular flexibility index (Phi) is 3.91. The largest absolute Gasteiger partial charge is 0.490 e. The molecule has 2 N–H and O–H groups in total. The summed E-state index contributed by atoms with van der Waals surface area (Å²) >= 11 is 0. The standard InChI is InChI=1S/C9H14BNO3/c1-7(2)6-14-9-4-3-8(5-11-9)10(12)13/h3-5,7,12-13H,6H2,1-2H3. The zero-order valence-electron chi connectivity index (χ0n) is 8.34. The highest BCUT2D eigenvalue weighted by Crippen LogP contribution is 2.04. The molecule has 5 heteroatoms. The second-order valence-corrected chi connectivity index (χ2v) is 3.51. The van der Waals surface area contributed by atoms with Crippen molar-refractivity contribution >= 4 is 12.6 Å². The topological polar surface area (TPSA) is 62.6 Å². The van der Waals surface area contributed by atoms with Crippen molar-refractivity contribution in [1.29, 1.82) is 0 Å². The molecule has 0 radical (unpaired) electrons. The van der Waals surface area contributed by atoms with E-state index in [2.05, 4.69) is 4.98 Å². The molecule has 0 aromatic carbocycles. The molecule has 0 unspecified atom stereocenters. The minimum Gasteiger partial charge on any atom is -0.477 e. The van der Waals surface area contributed by atoms with E-state index in [0.29, 0.717) is 23.9 Å². The molecule has 1 heterocycles. The minimum atomic E-state index is -1.47. The Labute approximate surface area is 83.7 Å². The predicted octanol–water partition coefficient (Wildman–Crippen LogP) is -0.204. The third kappa shape index (κ3) is 3.36. The number of aromatic nitrogens is 1. The van der Waals surface area contributed by atoms with E-state index in [1.807, 2.05) is 13.8 Å². The average Bonchev–Trinajstić information content (AvgIpc) is 2.15. The number of hydrogen-bond acceptors (Lipinski definition) is 4. The molecule has 4 nitrogen and oxygen atoms in total. The van der Waals surface area contributed by atoms with Gasteiger partial charge in [-0.2, -0.15) is 0 Å². The maximum Gasteiger partial charge on any atom is 0.490 e. The van der Waals surface area contributed by atoms with Gasteiger partial charge in [0.15, 0.2) is 0 Å². The predicted molar refractivity (Wildman–Crippen MR) is 54.4 cm³/mol. The summed E-state index contributed by atoms with van der Waals surface area (Å²) in [5.41, 5.74) is 0.363. The molecule has 1 aromatic heterocycles. The Morgan fingerprint density at radius 2 is 2.14 bits per heavy atom. The Morgan fingerprint density at radius 3 is 2.57 bits per heavy atom. The fourth-order valence-electron chi connectivity index (χ4n) is 0.882. The lowest BCUT2D eigenvalue weighted by atomic mass is 9.82. The van der Waals surface area contributed by atoms with Crippen LogP contribution in [0.5, 0.6) is 5.88 Å². The molecule has 14 heavy (non-hydrogen) atoms. The quantitative estimate of drug-likeness (QED) is 0.653. The van der Waals surface area contributed by atoms with Crippen LogP contribution in [0.15, 0.2) is 18.3 Å². The summed E-state index contributed by atoms with van der Waals surface area (Å²) in [6.45, 7) is 4.70. The second kappa shape index (κ2) is 4.98. The zero-order chi connectivity index (χ0) is 10.6. The molecule has 1 rings (SSSR count). The van der Waals surface area contributed by atoms with Crippen LogP contribution >= 0.6 is 0 Å². The van der Waals surface area contributed by atoms with E-state index in [1.165, 1.54) is 6.20 Å². The van der Waals surface area contributed by atoms with Crippen LogP contribution in [0.1, 0.15) is 13.8 Å². The first-order valence-corrected chi connectivity index (χ1v) is 4.54. The lowest BCUT2D eigenvalue weighted by Crippen LogP contribution is -2.29. The highest BCUT2D eigenvalue weighted by atomic mass is 16.5. The summed E-state index contributed by atoms with van der Waals surface area (Å²) in [5.74, 6) is 0.947. The molecular weight excluding hydrogens is 181 g/mol. The first kappa shape index (κ1) is 11.0. The number of pyridine rings is 1. The monoisotopic (exact) mass is 195 g/mol. The molecule has 0 aliphatic heterocycles. The number of hydrogen-bond donors (Lipinski definition) is 2. The number of rotatable bonds is 4. The molecule has 0 saturated carbocycles. The van der Waals surface area contributed by atoms with Gasteiger partial charge in [0.2, 0.25) is 5.88 Å². The average molecular weight is 195 g/mol. The highest BCUT2D eigenvalue weighted by Gasteiger charge is 2.10. The van der Waals surface area contributed by atoms with Crippen LogP contribution in [-0.2, 0) is 0 Å². The lowest BCUT2D eigenvalue weighted by Gasteiger charge is -2.07. The van der Waals surface area contributed by atoms with E-state index in [1.54, 1.807) is 12.1 Å².